The first-order valence-electron chi connectivity index (χ1n) is 12.1. The van der Waals surface area contributed by atoms with E-state index in [-0.39, 0.29) is 0 Å². The Kier molecular flexibility index (Phi) is 5.32. The van der Waals surface area contributed by atoms with Crippen LogP contribution in [-0.4, -0.2) is 28.0 Å². The van der Waals surface area contributed by atoms with Crippen LogP contribution in [0, 0.1) is 11.5 Å². The molecule has 0 saturated heterocycles. The summed E-state index contributed by atoms with van der Waals surface area (Å²) in [5.74, 6) is 3.35. The highest BCUT2D eigenvalue weighted by molar-refractivity contribution is 6.83. The van der Waals surface area contributed by atoms with Crippen LogP contribution >= 0.6 is 0 Å². The Hall–Kier alpha value is -4.40. The van der Waals surface area contributed by atoms with Gasteiger partial charge in [-0.3, -0.25) is 0 Å². The first-order chi connectivity index (χ1) is 17.4. The molecule has 0 amide bonds. The van der Waals surface area contributed by atoms with E-state index in [0.717, 1.165) is 61.5 Å². The van der Waals surface area contributed by atoms with Gasteiger partial charge < -0.3 is 9.97 Å². The van der Waals surface area contributed by atoms with Crippen molar-refractivity contribution >= 4 is 53.9 Å². The van der Waals surface area contributed by atoms with Crippen LogP contribution in [0.1, 0.15) is 33.9 Å². The van der Waals surface area contributed by atoms with Gasteiger partial charge in [-0.2, -0.15) is 0 Å². The lowest BCUT2D eigenvalue weighted by atomic mass is 10.0. The quantitative estimate of drug-likeness (QED) is 0.191. The maximum absolute atomic E-state index is 4.98. The number of aromatic amines is 2. The largest absolute Gasteiger partial charge is 0.355 e. The van der Waals surface area contributed by atoms with Gasteiger partial charge in [0.2, 0.25) is 0 Å². The van der Waals surface area contributed by atoms with Gasteiger partial charge in [-0.25, -0.2) is 9.97 Å². The van der Waals surface area contributed by atoms with E-state index in [2.05, 4.69) is 120 Å². The van der Waals surface area contributed by atoms with Gasteiger partial charge in [0.25, 0.3) is 0 Å². The van der Waals surface area contributed by atoms with E-state index >= 15 is 0 Å². The maximum atomic E-state index is 4.98. The molecule has 0 aliphatic carbocycles. The molecule has 0 fully saturated rings. The third-order valence-corrected chi connectivity index (χ3v) is 6.82. The molecule has 0 unspecified atom stereocenters. The molecule has 36 heavy (non-hydrogen) atoms. The zero-order valence-corrected chi connectivity index (χ0v) is 21.6. The van der Waals surface area contributed by atoms with Crippen molar-refractivity contribution in [1.82, 2.24) is 19.9 Å². The summed E-state index contributed by atoms with van der Waals surface area (Å²) in [5.41, 5.74) is 14.4. The standard InChI is InChI=1S/C31H26N4Si/c1-36(2,3)15-14-21-4-6-22(7-5-21)30-19-29-18-27-11-10-25(33-27)16-23-8-9-24(32-23)17-26-12-13-28(34-26)20-31(30)35-29/h4-13,16-20,33-34H,1-3H3. The number of rotatable bonds is 1. The number of aromatic nitrogens is 4. The van der Waals surface area contributed by atoms with Crippen molar-refractivity contribution in [3.63, 3.8) is 0 Å². The smallest absolute Gasteiger partial charge is 0.129 e. The summed E-state index contributed by atoms with van der Waals surface area (Å²) in [6, 6.07) is 25.1. The lowest BCUT2D eigenvalue weighted by Gasteiger charge is -2.04. The van der Waals surface area contributed by atoms with E-state index in [4.69, 9.17) is 9.97 Å². The number of fused-ring (bicyclic) bond motifs is 8. The van der Waals surface area contributed by atoms with E-state index in [1.54, 1.807) is 0 Å². The Bertz CT molecular complexity index is 1770. The second-order valence-electron chi connectivity index (χ2n) is 10.2. The van der Waals surface area contributed by atoms with Crippen LogP contribution in [0.5, 0.6) is 0 Å². The highest BCUT2D eigenvalue weighted by atomic mass is 28.3. The fourth-order valence-corrected chi connectivity index (χ4v) is 4.76. The van der Waals surface area contributed by atoms with Crippen LogP contribution in [0.3, 0.4) is 0 Å². The first kappa shape index (κ1) is 22.1. The number of hydrogen-bond donors (Lipinski definition) is 2. The molecule has 4 nitrogen and oxygen atoms in total. The molecule has 2 aliphatic rings. The lowest BCUT2D eigenvalue weighted by molar-refractivity contribution is 1.30. The Morgan fingerprint density at radius 3 is 1.78 bits per heavy atom. The van der Waals surface area contributed by atoms with Crippen LogP contribution in [-0.2, 0) is 0 Å². The molecule has 3 aromatic heterocycles. The fraction of sp³-hybridized carbons (Fsp3) is 0.0968. The summed E-state index contributed by atoms with van der Waals surface area (Å²) in [4.78, 5) is 16.6. The van der Waals surface area contributed by atoms with Crippen molar-refractivity contribution < 1.29 is 0 Å². The van der Waals surface area contributed by atoms with Crippen molar-refractivity contribution in [1.29, 1.82) is 0 Å². The van der Waals surface area contributed by atoms with Gasteiger partial charge in [0.1, 0.15) is 8.07 Å². The Morgan fingerprint density at radius 2 is 1.19 bits per heavy atom. The van der Waals surface area contributed by atoms with Crippen LogP contribution in [0.4, 0.5) is 0 Å². The SMILES string of the molecule is C[Si](C)(C)C#Cc1ccc(C2=Cc3cc4ccc(cc5nc(cc6ccc(cc2n3)[nH]6)C=C5)[nH]4)cc1. The van der Waals surface area contributed by atoms with Crippen molar-refractivity contribution in [3.8, 4) is 11.5 Å². The topological polar surface area (TPSA) is 57.4 Å². The average Bonchev–Trinajstić information content (AvgIpc) is 3.63. The van der Waals surface area contributed by atoms with Gasteiger partial charge in [0.15, 0.2) is 0 Å². The van der Waals surface area contributed by atoms with E-state index in [0.29, 0.717) is 0 Å². The van der Waals surface area contributed by atoms with Crippen molar-refractivity contribution in [2.24, 2.45) is 0 Å². The highest BCUT2D eigenvalue weighted by Crippen LogP contribution is 2.29. The molecule has 174 valence electrons. The molecular formula is C31H26N4Si. The van der Waals surface area contributed by atoms with E-state index in [9.17, 15) is 0 Å². The predicted molar refractivity (Wildman–Crippen MR) is 154 cm³/mol. The lowest BCUT2D eigenvalue weighted by Crippen LogP contribution is -2.16. The Morgan fingerprint density at radius 1 is 0.639 bits per heavy atom. The van der Waals surface area contributed by atoms with Crippen molar-refractivity contribution in [2.45, 2.75) is 19.6 Å². The van der Waals surface area contributed by atoms with Crippen molar-refractivity contribution in [3.05, 3.63) is 107 Å². The summed E-state index contributed by atoms with van der Waals surface area (Å²) in [7, 11) is -1.41. The summed E-state index contributed by atoms with van der Waals surface area (Å²) in [6.07, 6.45) is 6.21. The van der Waals surface area contributed by atoms with Gasteiger partial charge >= 0.3 is 0 Å². The number of nitrogens with zero attached hydrogens (tertiary/aromatic N) is 2. The molecule has 1 aromatic carbocycles. The van der Waals surface area contributed by atoms with E-state index < -0.39 is 8.07 Å². The third-order valence-electron chi connectivity index (χ3n) is 5.94. The monoisotopic (exact) mass is 482 g/mol. The van der Waals surface area contributed by atoms with E-state index in [1.807, 2.05) is 12.2 Å². The average molecular weight is 483 g/mol. The zero-order valence-electron chi connectivity index (χ0n) is 20.6. The van der Waals surface area contributed by atoms with Gasteiger partial charge in [0.05, 0.1) is 22.8 Å². The number of hydrogen-bond acceptors (Lipinski definition) is 2. The third kappa shape index (κ3) is 4.86. The molecule has 2 aliphatic heterocycles. The van der Waals surface area contributed by atoms with Gasteiger partial charge in [0, 0.05) is 33.2 Å². The van der Waals surface area contributed by atoms with Gasteiger partial charge in [-0.05, 0) is 84.5 Å². The van der Waals surface area contributed by atoms with Crippen LogP contribution in [0.15, 0.2) is 72.8 Å². The minimum atomic E-state index is -1.41. The van der Waals surface area contributed by atoms with Gasteiger partial charge in [-0.1, -0.05) is 37.7 Å². The summed E-state index contributed by atoms with van der Waals surface area (Å²) in [6.45, 7) is 6.78. The molecule has 6 rings (SSSR count). The molecule has 0 saturated carbocycles. The van der Waals surface area contributed by atoms with Crippen molar-refractivity contribution in [2.75, 3.05) is 0 Å². The molecular weight excluding hydrogens is 456 g/mol. The number of benzene rings is 1. The minimum Gasteiger partial charge on any atom is -0.355 e. The molecule has 2 N–H and O–H groups in total. The molecule has 5 heteroatoms. The zero-order chi connectivity index (χ0) is 24.7. The van der Waals surface area contributed by atoms with E-state index in [1.165, 1.54) is 0 Å². The number of nitrogens with one attached hydrogen (secondary N) is 2. The van der Waals surface area contributed by atoms with Crippen LogP contribution in [0.2, 0.25) is 19.6 Å². The summed E-state index contributed by atoms with van der Waals surface area (Å²) < 4.78 is 0. The molecule has 5 heterocycles. The van der Waals surface area contributed by atoms with Crippen LogP contribution < -0.4 is 0 Å². The molecule has 0 radical (unpaired) electrons. The van der Waals surface area contributed by atoms with Gasteiger partial charge in [-0.15, -0.1) is 5.54 Å². The predicted octanol–water partition coefficient (Wildman–Crippen LogP) is 7.30. The second-order valence-corrected chi connectivity index (χ2v) is 14.9. The normalized spacial score (nSPS) is 12.7. The maximum Gasteiger partial charge on any atom is 0.129 e. The Labute approximate surface area is 211 Å². The molecule has 0 spiro atoms. The summed E-state index contributed by atoms with van der Waals surface area (Å²) in [5, 5.41) is 0. The number of H-pyrrole nitrogens is 2. The Balaban J connectivity index is 1.51. The first-order valence-corrected chi connectivity index (χ1v) is 15.6. The minimum absolute atomic E-state index is 0.909. The van der Waals surface area contributed by atoms with Crippen LogP contribution in [0.25, 0.3) is 45.9 Å². The molecule has 4 aromatic rings. The molecule has 8 bridgehead atoms. The highest BCUT2D eigenvalue weighted by Gasteiger charge is 2.13. The fourth-order valence-electron chi connectivity index (χ4n) is 4.24. The molecule has 0 atom stereocenters. The summed E-state index contributed by atoms with van der Waals surface area (Å²) >= 11 is 0. The second kappa shape index (κ2) is 8.67.